The monoisotopic (exact) mass is 460 g/mol. The summed E-state index contributed by atoms with van der Waals surface area (Å²) in [5, 5.41) is 3.55. The maximum absolute atomic E-state index is 12.9. The van der Waals surface area contributed by atoms with Crippen molar-refractivity contribution in [1.29, 1.82) is 0 Å². The van der Waals surface area contributed by atoms with Crippen molar-refractivity contribution in [3.63, 3.8) is 0 Å². The van der Waals surface area contributed by atoms with Crippen LogP contribution in [0, 0.1) is 0 Å². The number of sulfonamides is 1. The third-order valence-corrected chi connectivity index (χ3v) is 7.67. The molecule has 0 aliphatic carbocycles. The lowest BCUT2D eigenvalue weighted by molar-refractivity contribution is -0.121. The zero-order valence-corrected chi connectivity index (χ0v) is 18.7. The summed E-state index contributed by atoms with van der Waals surface area (Å²) in [6.07, 6.45) is 4.82. The molecule has 9 heteroatoms. The van der Waals surface area contributed by atoms with E-state index in [9.17, 15) is 13.2 Å². The number of aryl methyl sites for hydroxylation is 1. The van der Waals surface area contributed by atoms with Crippen molar-refractivity contribution in [1.82, 2.24) is 19.2 Å². The summed E-state index contributed by atoms with van der Waals surface area (Å²) in [4.78, 5) is 16.8. The average Bonchev–Trinajstić information content (AvgIpc) is 3.20. The first kappa shape index (κ1) is 21.8. The molecule has 1 fully saturated rings. The van der Waals surface area contributed by atoms with Gasteiger partial charge in [0.05, 0.1) is 22.3 Å². The van der Waals surface area contributed by atoms with Crippen LogP contribution < -0.4 is 5.32 Å². The zero-order chi connectivity index (χ0) is 21.8. The predicted molar refractivity (Wildman–Crippen MR) is 120 cm³/mol. The minimum atomic E-state index is -3.49. The highest BCUT2D eigenvalue weighted by Crippen LogP contribution is 2.24. The van der Waals surface area contributed by atoms with Crippen molar-refractivity contribution in [3.8, 4) is 0 Å². The maximum atomic E-state index is 12.9. The Balaban J connectivity index is 1.39. The van der Waals surface area contributed by atoms with Crippen molar-refractivity contribution in [2.24, 2.45) is 0 Å². The van der Waals surface area contributed by atoms with Crippen LogP contribution in [0.5, 0.6) is 0 Å². The van der Waals surface area contributed by atoms with Crippen LogP contribution >= 0.6 is 11.6 Å². The molecule has 7 nitrogen and oxygen atoms in total. The normalized spacial score (nSPS) is 15.3. The molecule has 1 amide bonds. The number of halogens is 1. The molecule has 1 saturated heterocycles. The van der Waals surface area contributed by atoms with E-state index in [0.717, 1.165) is 30.3 Å². The molecular weight excluding hydrogens is 436 g/mol. The predicted octanol–water partition coefficient (Wildman–Crippen LogP) is 3.57. The minimum absolute atomic E-state index is 0.0684. The number of nitrogens with zero attached hydrogens (tertiary/aromatic N) is 3. The van der Waals surface area contributed by atoms with Gasteiger partial charge in [0.15, 0.2) is 0 Å². The summed E-state index contributed by atoms with van der Waals surface area (Å²) in [5.74, 6) is -0.0684. The van der Waals surface area contributed by atoms with Crippen LogP contribution in [-0.4, -0.2) is 41.3 Å². The van der Waals surface area contributed by atoms with Crippen LogP contribution in [0.1, 0.15) is 31.2 Å². The van der Waals surface area contributed by atoms with Gasteiger partial charge in [-0.1, -0.05) is 30.2 Å². The van der Waals surface area contributed by atoms with Gasteiger partial charge in [0.1, 0.15) is 0 Å². The van der Waals surface area contributed by atoms with E-state index >= 15 is 0 Å². The summed E-state index contributed by atoms with van der Waals surface area (Å²) in [6, 6.07) is 12.4. The Morgan fingerprint density at radius 3 is 2.55 bits per heavy atom. The lowest BCUT2D eigenvalue weighted by Gasteiger charge is -2.25. The van der Waals surface area contributed by atoms with Gasteiger partial charge in [-0.2, -0.15) is 4.31 Å². The number of aromatic nitrogens is 2. The molecule has 1 aliphatic heterocycles. The number of nitrogens with one attached hydrogen (secondary N) is 1. The Hall–Kier alpha value is -2.42. The molecule has 4 rings (SSSR count). The number of carbonyl (C=O) groups is 1. The molecule has 0 spiro atoms. The van der Waals surface area contributed by atoms with Crippen molar-refractivity contribution in [3.05, 3.63) is 59.4 Å². The summed E-state index contributed by atoms with van der Waals surface area (Å²) >= 11 is 5.87. The number of piperidine rings is 1. The third-order valence-electron chi connectivity index (χ3n) is 5.53. The number of rotatable bonds is 7. The fraction of sp³-hybridized carbons (Fsp3) is 0.364. The maximum Gasteiger partial charge on any atom is 0.243 e. The molecule has 1 aromatic heterocycles. The topological polar surface area (TPSA) is 84.3 Å². The molecule has 0 atom stereocenters. The molecule has 1 N–H and O–H groups in total. The molecule has 0 radical (unpaired) electrons. The van der Waals surface area contributed by atoms with Gasteiger partial charge in [0.25, 0.3) is 0 Å². The zero-order valence-electron chi connectivity index (χ0n) is 17.1. The Morgan fingerprint density at radius 1 is 1.06 bits per heavy atom. The first-order chi connectivity index (χ1) is 14.9. The Kier molecular flexibility index (Phi) is 6.60. The second kappa shape index (κ2) is 9.38. The van der Waals surface area contributed by atoms with Crippen LogP contribution in [-0.2, 0) is 27.9 Å². The summed E-state index contributed by atoms with van der Waals surface area (Å²) in [5.41, 5.74) is 2.40. The van der Waals surface area contributed by atoms with Gasteiger partial charge >= 0.3 is 0 Å². The van der Waals surface area contributed by atoms with E-state index in [1.165, 1.54) is 0 Å². The highest BCUT2D eigenvalue weighted by atomic mass is 35.5. The lowest BCUT2D eigenvalue weighted by atomic mass is 10.2. The molecule has 0 saturated carbocycles. The van der Waals surface area contributed by atoms with Crippen molar-refractivity contribution >= 4 is 38.6 Å². The first-order valence-electron chi connectivity index (χ1n) is 10.4. The third kappa shape index (κ3) is 5.08. The van der Waals surface area contributed by atoms with E-state index in [1.54, 1.807) is 41.0 Å². The summed E-state index contributed by atoms with van der Waals surface area (Å²) in [6.45, 7) is 2.04. The van der Waals surface area contributed by atoms with Gasteiger partial charge in [0, 0.05) is 37.6 Å². The van der Waals surface area contributed by atoms with E-state index in [1.807, 2.05) is 16.7 Å². The quantitative estimate of drug-likeness (QED) is 0.584. The minimum Gasteiger partial charge on any atom is -0.352 e. The van der Waals surface area contributed by atoms with Crippen LogP contribution in [0.25, 0.3) is 11.0 Å². The lowest BCUT2D eigenvalue weighted by Crippen LogP contribution is -2.35. The summed E-state index contributed by atoms with van der Waals surface area (Å²) < 4.78 is 29.2. The fourth-order valence-electron chi connectivity index (χ4n) is 3.75. The van der Waals surface area contributed by atoms with Crippen LogP contribution in [0.15, 0.2) is 53.7 Å². The van der Waals surface area contributed by atoms with Gasteiger partial charge in [-0.25, -0.2) is 13.4 Å². The SMILES string of the molecule is O=C(CCn1cnc2cc(S(=O)(=O)N3CCCCC3)ccc21)NCc1ccc(Cl)cc1. The van der Waals surface area contributed by atoms with Gasteiger partial charge in [-0.15, -0.1) is 0 Å². The van der Waals surface area contributed by atoms with Gasteiger partial charge in [0.2, 0.25) is 15.9 Å². The molecular formula is C22H25ClN4O3S. The second-order valence-electron chi connectivity index (χ2n) is 7.71. The van der Waals surface area contributed by atoms with Crippen molar-refractivity contribution < 1.29 is 13.2 Å². The number of fused-ring (bicyclic) bond motifs is 1. The number of imidazole rings is 1. The number of benzene rings is 2. The van der Waals surface area contributed by atoms with E-state index in [4.69, 9.17) is 11.6 Å². The Bertz CT molecular complexity index is 1170. The average molecular weight is 461 g/mol. The Morgan fingerprint density at radius 2 is 1.81 bits per heavy atom. The largest absolute Gasteiger partial charge is 0.352 e. The van der Waals surface area contributed by atoms with E-state index in [2.05, 4.69) is 10.3 Å². The molecule has 1 aliphatic rings. The van der Waals surface area contributed by atoms with Gasteiger partial charge < -0.3 is 9.88 Å². The van der Waals surface area contributed by atoms with Crippen LogP contribution in [0.4, 0.5) is 0 Å². The highest BCUT2D eigenvalue weighted by Gasteiger charge is 2.26. The highest BCUT2D eigenvalue weighted by molar-refractivity contribution is 7.89. The molecule has 2 heterocycles. The Labute approximate surface area is 187 Å². The van der Waals surface area contributed by atoms with Crippen LogP contribution in [0.3, 0.4) is 0 Å². The molecule has 3 aromatic rings. The van der Waals surface area contributed by atoms with Crippen molar-refractivity contribution in [2.75, 3.05) is 13.1 Å². The fourth-order valence-corrected chi connectivity index (χ4v) is 5.41. The molecule has 0 unspecified atom stereocenters. The number of hydrogen-bond acceptors (Lipinski definition) is 4. The van der Waals surface area contributed by atoms with E-state index < -0.39 is 10.0 Å². The van der Waals surface area contributed by atoms with E-state index in [-0.39, 0.29) is 10.8 Å². The first-order valence-corrected chi connectivity index (χ1v) is 12.2. The molecule has 164 valence electrons. The number of carbonyl (C=O) groups excluding carboxylic acids is 1. The molecule has 2 aromatic carbocycles. The summed E-state index contributed by atoms with van der Waals surface area (Å²) in [7, 11) is -3.49. The smallest absolute Gasteiger partial charge is 0.243 e. The standard InChI is InChI=1S/C22H25ClN4O3S/c23-18-6-4-17(5-7-18)15-24-22(28)10-13-26-16-25-20-14-19(8-9-21(20)26)31(29,30)27-11-2-1-3-12-27/h4-9,14,16H,1-3,10-13,15H2,(H,24,28). The second-order valence-corrected chi connectivity index (χ2v) is 10.1. The van der Waals surface area contributed by atoms with E-state index in [0.29, 0.717) is 43.1 Å². The number of amides is 1. The number of hydrogen-bond donors (Lipinski definition) is 1. The molecule has 31 heavy (non-hydrogen) atoms. The van der Waals surface area contributed by atoms with Crippen LogP contribution in [0.2, 0.25) is 5.02 Å². The van der Waals surface area contributed by atoms with Gasteiger partial charge in [-0.05, 0) is 48.7 Å². The van der Waals surface area contributed by atoms with Crippen molar-refractivity contribution in [2.45, 2.75) is 43.7 Å². The molecule has 0 bridgehead atoms. The van der Waals surface area contributed by atoms with Gasteiger partial charge in [-0.3, -0.25) is 4.79 Å².